The van der Waals surface area contributed by atoms with Crippen LogP contribution >= 0.6 is 23.2 Å². The van der Waals surface area contributed by atoms with Crippen LogP contribution < -0.4 is 10.1 Å². The zero-order valence-electron chi connectivity index (χ0n) is 16.7. The minimum absolute atomic E-state index is 0.156. The third-order valence-corrected chi connectivity index (χ3v) is 5.16. The molecule has 7 heteroatoms. The predicted molar refractivity (Wildman–Crippen MR) is 116 cm³/mol. The minimum Gasteiger partial charge on any atom is -0.494 e. The molecule has 0 aliphatic heterocycles. The molecule has 2 rings (SSSR count). The van der Waals surface area contributed by atoms with Crippen molar-refractivity contribution in [2.24, 2.45) is 0 Å². The van der Waals surface area contributed by atoms with Gasteiger partial charge in [0.25, 0.3) is 0 Å². The summed E-state index contributed by atoms with van der Waals surface area (Å²) in [6.45, 7) is 4.60. The van der Waals surface area contributed by atoms with E-state index in [0.29, 0.717) is 35.2 Å². The molecule has 5 nitrogen and oxygen atoms in total. The van der Waals surface area contributed by atoms with Crippen molar-refractivity contribution in [3.8, 4) is 5.75 Å². The number of benzene rings is 2. The molecule has 0 heterocycles. The number of rotatable bonds is 10. The Balaban J connectivity index is 2.05. The molecule has 0 aromatic heterocycles. The van der Waals surface area contributed by atoms with Gasteiger partial charge in [-0.2, -0.15) is 0 Å². The largest absolute Gasteiger partial charge is 0.494 e. The average Bonchev–Trinajstić information content (AvgIpc) is 2.71. The molecule has 1 N–H and O–H groups in total. The van der Waals surface area contributed by atoms with Crippen molar-refractivity contribution >= 4 is 35.0 Å². The van der Waals surface area contributed by atoms with Gasteiger partial charge < -0.3 is 15.0 Å². The Morgan fingerprint density at radius 2 is 1.72 bits per heavy atom. The lowest BCUT2D eigenvalue weighted by molar-refractivity contribution is -0.140. The van der Waals surface area contributed by atoms with Gasteiger partial charge in [-0.3, -0.25) is 9.59 Å². The Kier molecular flexibility index (Phi) is 9.29. The molecule has 0 saturated carbocycles. The van der Waals surface area contributed by atoms with E-state index in [9.17, 15) is 9.59 Å². The molecule has 0 saturated heterocycles. The van der Waals surface area contributed by atoms with E-state index in [-0.39, 0.29) is 24.8 Å². The fraction of sp³-hybridized carbons (Fsp3) is 0.364. The molecule has 0 spiro atoms. The second kappa shape index (κ2) is 11.7. The molecule has 0 aliphatic carbocycles. The summed E-state index contributed by atoms with van der Waals surface area (Å²) in [5.41, 5.74) is 0.626. The molecule has 1 atom stereocenters. The van der Waals surface area contributed by atoms with Crippen LogP contribution in [-0.2, 0) is 16.1 Å². The summed E-state index contributed by atoms with van der Waals surface area (Å²) < 4.78 is 5.65. The van der Waals surface area contributed by atoms with E-state index in [0.717, 1.165) is 5.75 Å². The average molecular weight is 437 g/mol. The van der Waals surface area contributed by atoms with Crippen LogP contribution in [0.4, 0.5) is 0 Å². The number of para-hydroxylation sites is 1. The molecule has 0 unspecified atom stereocenters. The minimum atomic E-state index is -0.648. The van der Waals surface area contributed by atoms with Crippen molar-refractivity contribution in [3.63, 3.8) is 0 Å². The molecular weight excluding hydrogens is 411 g/mol. The summed E-state index contributed by atoms with van der Waals surface area (Å²) in [5.74, 6) is 0.385. The van der Waals surface area contributed by atoms with E-state index in [1.54, 1.807) is 25.1 Å². The van der Waals surface area contributed by atoms with Gasteiger partial charge in [-0.15, -0.1) is 0 Å². The van der Waals surface area contributed by atoms with Crippen molar-refractivity contribution in [2.75, 3.05) is 13.2 Å². The number of hydrogen-bond acceptors (Lipinski definition) is 3. The maximum absolute atomic E-state index is 12.9. The van der Waals surface area contributed by atoms with E-state index >= 15 is 0 Å². The van der Waals surface area contributed by atoms with Gasteiger partial charge >= 0.3 is 0 Å². The zero-order chi connectivity index (χ0) is 21.2. The Morgan fingerprint density at radius 1 is 1.07 bits per heavy atom. The number of ether oxygens (including phenoxy) is 1. The number of hydrogen-bond donors (Lipinski definition) is 1. The Morgan fingerprint density at radius 3 is 2.34 bits per heavy atom. The van der Waals surface area contributed by atoms with E-state index in [4.69, 9.17) is 27.9 Å². The topological polar surface area (TPSA) is 58.6 Å². The van der Waals surface area contributed by atoms with Crippen LogP contribution in [0.15, 0.2) is 48.5 Å². The molecule has 2 amide bonds. The fourth-order valence-electron chi connectivity index (χ4n) is 2.83. The highest BCUT2D eigenvalue weighted by Gasteiger charge is 2.26. The van der Waals surface area contributed by atoms with Crippen LogP contribution in [0.2, 0.25) is 10.0 Å². The SMILES string of the molecule is CCNC(=O)[C@@H](C)N(Cc1c(Cl)cccc1Cl)C(=O)CCCOc1ccccc1. The Bertz CT molecular complexity index is 795. The van der Waals surface area contributed by atoms with Crippen LogP contribution in [0.3, 0.4) is 0 Å². The van der Waals surface area contributed by atoms with Crippen molar-refractivity contribution < 1.29 is 14.3 Å². The molecular formula is C22H26Cl2N2O3. The third kappa shape index (κ3) is 6.94. The van der Waals surface area contributed by atoms with Crippen molar-refractivity contribution in [3.05, 3.63) is 64.1 Å². The van der Waals surface area contributed by atoms with Crippen molar-refractivity contribution in [1.82, 2.24) is 10.2 Å². The summed E-state index contributed by atoms with van der Waals surface area (Å²) in [6, 6.07) is 14.0. The number of amides is 2. The van der Waals surface area contributed by atoms with Crippen LogP contribution in [0.25, 0.3) is 0 Å². The number of likely N-dealkylation sites (N-methyl/N-ethyl adjacent to an activating group) is 1. The lowest BCUT2D eigenvalue weighted by Gasteiger charge is -2.29. The monoisotopic (exact) mass is 436 g/mol. The summed E-state index contributed by atoms with van der Waals surface area (Å²) in [4.78, 5) is 26.8. The normalized spacial score (nSPS) is 11.6. The standard InChI is InChI=1S/C22H26Cl2N2O3/c1-3-25-22(28)16(2)26(15-18-19(23)11-7-12-20(18)24)21(27)13-8-14-29-17-9-5-4-6-10-17/h4-7,9-12,16H,3,8,13-15H2,1-2H3,(H,25,28)/t16-/m1/s1. The summed E-state index contributed by atoms with van der Waals surface area (Å²) in [6.07, 6.45) is 0.779. The quantitative estimate of drug-likeness (QED) is 0.548. The lowest BCUT2D eigenvalue weighted by atomic mass is 10.1. The molecule has 2 aromatic rings. The maximum Gasteiger partial charge on any atom is 0.242 e. The summed E-state index contributed by atoms with van der Waals surface area (Å²) in [5, 5.41) is 3.69. The van der Waals surface area contributed by atoms with Crippen LogP contribution in [-0.4, -0.2) is 35.9 Å². The number of halogens is 2. The predicted octanol–water partition coefficient (Wildman–Crippen LogP) is 4.71. The highest BCUT2D eigenvalue weighted by Crippen LogP contribution is 2.27. The lowest BCUT2D eigenvalue weighted by Crippen LogP contribution is -2.47. The van der Waals surface area contributed by atoms with E-state index in [1.807, 2.05) is 37.3 Å². The molecule has 0 bridgehead atoms. The summed E-state index contributed by atoms with van der Waals surface area (Å²) in [7, 11) is 0. The van der Waals surface area contributed by atoms with Crippen LogP contribution in [0, 0.1) is 0 Å². The van der Waals surface area contributed by atoms with Crippen LogP contribution in [0.1, 0.15) is 32.3 Å². The first kappa shape index (κ1) is 23.0. The second-order valence-electron chi connectivity index (χ2n) is 6.56. The van der Waals surface area contributed by atoms with Crippen molar-refractivity contribution in [1.29, 1.82) is 0 Å². The van der Waals surface area contributed by atoms with Gasteiger partial charge in [0.1, 0.15) is 11.8 Å². The van der Waals surface area contributed by atoms with Gasteiger partial charge in [0.15, 0.2) is 0 Å². The molecule has 0 fully saturated rings. The zero-order valence-corrected chi connectivity index (χ0v) is 18.2. The van der Waals surface area contributed by atoms with E-state index < -0.39 is 6.04 Å². The fourth-order valence-corrected chi connectivity index (χ4v) is 3.35. The molecule has 0 radical (unpaired) electrons. The van der Waals surface area contributed by atoms with Gasteiger partial charge in [0.05, 0.1) is 6.61 Å². The number of nitrogens with one attached hydrogen (secondary N) is 1. The summed E-state index contributed by atoms with van der Waals surface area (Å²) >= 11 is 12.6. The highest BCUT2D eigenvalue weighted by molar-refractivity contribution is 6.36. The maximum atomic E-state index is 12.9. The first-order valence-electron chi connectivity index (χ1n) is 9.62. The number of nitrogens with zero attached hydrogens (tertiary/aromatic N) is 1. The van der Waals surface area contributed by atoms with Gasteiger partial charge in [0, 0.05) is 35.1 Å². The van der Waals surface area contributed by atoms with E-state index in [1.165, 1.54) is 4.90 Å². The molecule has 0 aliphatic rings. The van der Waals surface area contributed by atoms with E-state index in [2.05, 4.69) is 5.32 Å². The number of carbonyl (C=O) groups is 2. The van der Waals surface area contributed by atoms with Crippen LogP contribution in [0.5, 0.6) is 5.75 Å². The van der Waals surface area contributed by atoms with Gasteiger partial charge in [0.2, 0.25) is 11.8 Å². The Labute approximate surface area is 181 Å². The molecule has 29 heavy (non-hydrogen) atoms. The third-order valence-electron chi connectivity index (χ3n) is 4.46. The first-order chi connectivity index (χ1) is 13.9. The number of carbonyl (C=O) groups excluding carboxylic acids is 2. The highest BCUT2D eigenvalue weighted by atomic mass is 35.5. The molecule has 156 valence electrons. The second-order valence-corrected chi connectivity index (χ2v) is 7.37. The Hall–Kier alpha value is -2.24. The van der Waals surface area contributed by atoms with Gasteiger partial charge in [-0.1, -0.05) is 47.5 Å². The van der Waals surface area contributed by atoms with Gasteiger partial charge in [-0.25, -0.2) is 0 Å². The van der Waals surface area contributed by atoms with Gasteiger partial charge in [-0.05, 0) is 44.5 Å². The first-order valence-corrected chi connectivity index (χ1v) is 10.4. The smallest absolute Gasteiger partial charge is 0.242 e. The van der Waals surface area contributed by atoms with Crippen molar-refractivity contribution in [2.45, 2.75) is 39.3 Å². The molecule has 2 aromatic carbocycles.